The molecule has 1 amide bonds. The van der Waals surface area contributed by atoms with E-state index in [2.05, 4.69) is 29.3 Å². The Bertz CT molecular complexity index is 1140. The first-order chi connectivity index (χ1) is 13.9. The van der Waals surface area contributed by atoms with Crippen LogP contribution < -0.4 is 21.7 Å². The summed E-state index contributed by atoms with van der Waals surface area (Å²) in [5.74, 6) is -0.693. The van der Waals surface area contributed by atoms with Crippen LogP contribution in [0.1, 0.15) is 29.8 Å². The number of carbonyl (C=O) groups excluding carboxylic acids is 1. The van der Waals surface area contributed by atoms with Crippen LogP contribution in [0.2, 0.25) is 5.02 Å². The second kappa shape index (κ2) is 8.79. The number of nitrogens with two attached hydrogens (primary N) is 1. The molecule has 0 aliphatic rings. The number of nitrogens with one attached hydrogen (secondary N) is 1. The quantitative estimate of drug-likeness (QED) is 0.280. The van der Waals surface area contributed by atoms with Crippen molar-refractivity contribution in [1.82, 2.24) is 5.43 Å². The Kier molecular flexibility index (Phi) is 6.19. The molecule has 0 radical (unpaired) electrons. The molecule has 3 rings (SSSR count). The smallest absolute Gasteiger partial charge is 0.347 e. The highest BCUT2D eigenvalue weighted by molar-refractivity contribution is 6.33. The molecule has 8 heteroatoms. The summed E-state index contributed by atoms with van der Waals surface area (Å²) < 4.78 is 5.43. The van der Waals surface area contributed by atoms with Crippen LogP contribution in [0.5, 0.6) is 0 Å². The largest absolute Gasteiger partial charge is 0.422 e. The molecule has 0 aliphatic heterocycles. The van der Waals surface area contributed by atoms with Crippen LogP contribution in [-0.2, 0) is 0 Å². The van der Waals surface area contributed by atoms with Crippen LogP contribution in [-0.4, -0.2) is 24.8 Å². The maximum absolute atomic E-state index is 12.4. The van der Waals surface area contributed by atoms with E-state index >= 15 is 0 Å². The monoisotopic (exact) mass is 412 g/mol. The molecule has 2 aromatic carbocycles. The van der Waals surface area contributed by atoms with E-state index in [0.717, 1.165) is 18.8 Å². The normalized spacial score (nSPS) is 11.5. The Morgan fingerprint density at radius 3 is 2.55 bits per heavy atom. The number of hydrogen-bond donors (Lipinski definition) is 2. The van der Waals surface area contributed by atoms with Crippen molar-refractivity contribution in [3.8, 4) is 0 Å². The number of hydrazone groups is 1. The van der Waals surface area contributed by atoms with Gasteiger partial charge in [0.25, 0.3) is 5.91 Å². The van der Waals surface area contributed by atoms with Gasteiger partial charge in [0.05, 0.1) is 10.6 Å². The summed E-state index contributed by atoms with van der Waals surface area (Å²) >= 11 is 5.99. The Morgan fingerprint density at radius 1 is 1.14 bits per heavy atom. The lowest BCUT2D eigenvalue weighted by molar-refractivity contribution is 0.0955. The molecule has 0 spiro atoms. The highest BCUT2D eigenvalue weighted by Gasteiger charge is 2.13. The van der Waals surface area contributed by atoms with Crippen molar-refractivity contribution in [2.45, 2.75) is 13.8 Å². The number of anilines is 1. The van der Waals surface area contributed by atoms with Crippen LogP contribution >= 0.6 is 11.6 Å². The predicted octanol–water partition coefficient (Wildman–Crippen LogP) is 3.34. The molecule has 0 fully saturated rings. The molecular formula is C21H21ClN4O3. The second-order valence-electron chi connectivity index (χ2n) is 6.26. The first-order valence-electron chi connectivity index (χ1n) is 9.15. The summed E-state index contributed by atoms with van der Waals surface area (Å²) in [4.78, 5) is 26.7. The SMILES string of the molecule is CCN(CC)c1ccc2cc(/C(N)=N\NC(=O)c3ccccc3Cl)c(=O)oc2c1. The highest BCUT2D eigenvalue weighted by Crippen LogP contribution is 2.22. The van der Waals surface area contributed by atoms with E-state index < -0.39 is 11.5 Å². The van der Waals surface area contributed by atoms with Gasteiger partial charge >= 0.3 is 5.63 Å². The van der Waals surface area contributed by atoms with Gasteiger partial charge in [-0.2, -0.15) is 5.10 Å². The van der Waals surface area contributed by atoms with Crippen molar-refractivity contribution in [3.05, 3.63) is 75.1 Å². The third-order valence-corrected chi connectivity index (χ3v) is 4.85. The molecule has 0 aliphatic carbocycles. The number of carbonyl (C=O) groups is 1. The minimum Gasteiger partial charge on any atom is -0.422 e. The fourth-order valence-corrected chi connectivity index (χ4v) is 3.16. The van der Waals surface area contributed by atoms with Gasteiger partial charge in [0, 0.05) is 30.2 Å². The molecule has 3 N–H and O–H groups in total. The van der Waals surface area contributed by atoms with E-state index in [4.69, 9.17) is 21.8 Å². The number of benzene rings is 2. The number of hydrogen-bond acceptors (Lipinski definition) is 5. The lowest BCUT2D eigenvalue weighted by Crippen LogP contribution is -2.27. The molecule has 150 valence electrons. The summed E-state index contributed by atoms with van der Waals surface area (Å²) in [6, 6.07) is 13.8. The maximum Gasteiger partial charge on any atom is 0.347 e. The number of amidine groups is 1. The number of nitrogens with zero attached hydrogens (tertiary/aromatic N) is 2. The molecule has 0 bridgehead atoms. The number of fused-ring (bicyclic) bond motifs is 1. The number of amides is 1. The van der Waals surface area contributed by atoms with Crippen molar-refractivity contribution in [2.24, 2.45) is 10.8 Å². The van der Waals surface area contributed by atoms with Gasteiger partial charge in [-0.3, -0.25) is 4.79 Å². The topological polar surface area (TPSA) is 101 Å². The van der Waals surface area contributed by atoms with Gasteiger partial charge in [-0.25, -0.2) is 10.2 Å². The summed E-state index contributed by atoms with van der Waals surface area (Å²) in [7, 11) is 0. The minimum absolute atomic E-state index is 0.0625. The molecule has 0 saturated carbocycles. The van der Waals surface area contributed by atoms with E-state index in [1.54, 1.807) is 30.3 Å². The van der Waals surface area contributed by atoms with Crippen LogP contribution in [0.25, 0.3) is 11.0 Å². The molecule has 7 nitrogen and oxygen atoms in total. The van der Waals surface area contributed by atoms with Crippen LogP contribution in [0.15, 0.2) is 62.8 Å². The first kappa shape index (κ1) is 20.4. The summed E-state index contributed by atoms with van der Waals surface area (Å²) in [5.41, 5.74) is 9.31. The van der Waals surface area contributed by atoms with Gasteiger partial charge in [-0.05, 0) is 44.2 Å². The molecule has 29 heavy (non-hydrogen) atoms. The Hall–Kier alpha value is -3.32. The standard InChI is InChI=1S/C21H21ClN4O3/c1-3-26(4-2)14-10-9-13-11-16(21(28)29-18(13)12-14)19(23)24-25-20(27)15-7-5-6-8-17(15)22/h5-12H,3-4H2,1-2H3,(H2,23,24)(H,25,27). The van der Waals surface area contributed by atoms with E-state index in [9.17, 15) is 9.59 Å². The Morgan fingerprint density at radius 2 is 1.86 bits per heavy atom. The zero-order valence-electron chi connectivity index (χ0n) is 16.1. The Balaban J connectivity index is 1.88. The molecule has 0 unspecified atom stereocenters. The van der Waals surface area contributed by atoms with E-state index in [0.29, 0.717) is 11.0 Å². The van der Waals surface area contributed by atoms with Crippen molar-refractivity contribution in [1.29, 1.82) is 0 Å². The average Bonchev–Trinajstić information content (AvgIpc) is 2.72. The van der Waals surface area contributed by atoms with E-state index in [1.807, 2.05) is 18.2 Å². The van der Waals surface area contributed by atoms with Gasteiger partial charge in [0.1, 0.15) is 11.1 Å². The first-order valence-corrected chi connectivity index (χ1v) is 9.53. The fraction of sp³-hybridized carbons (Fsp3) is 0.190. The zero-order valence-corrected chi connectivity index (χ0v) is 16.9. The predicted molar refractivity (Wildman–Crippen MR) is 116 cm³/mol. The molecular weight excluding hydrogens is 392 g/mol. The van der Waals surface area contributed by atoms with Crippen molar-refractivity contribution < 1.29 is 9.21 Å². The third kappa shape index (κ3) is 4.41. The van der Waals surface area contributed by atoms with Gasteiger partial charge in [0.2, 0.25) is 0 Å². The molecule has 0 atom stereocenters. The Labute approximate surface area is 172 Å². The van der Waals surface area contributed by atoms with E-state index in [-0.39, 0.29) is 22.0 Å². The van der Waals surface area contributed by atoms with Gasteiger partial charge in [0.15, 0.2) is 5.84 Å². The minimum atomic E-state index is -0.637. The van der Waals surface area contributed by atoms with E-state index in [1.165, 1.54) is 0 Å². The van der Waals surface area contributed by atoms with Crippen molar-refractivity contribution in [3.63, 3.8) is 0 Å². The van der Waals surface area contributed by atoms with Gasteiger partial charge in [-0.1, -0.05) is 23.7 Å². The van der Waals surface area contributed by atoms with Crippen molar-refractivity contribution >= 4 is 40.0 Å². The summed E-state index contributed by atoms with van der Waals surface area (Å²) in [6.45, 7) is 5.80. The molecule has 1 aromatic heterocycles. The zero-order chi connectivity index (χ0) is 21.0. The lowest BCUT2D eigenvalue weighted by atomic mass is 10.1. The van der Waals surface area contributed by atoms with Crippen LogP contribution in [0.4, 0.5) is 5.69 Å². The van der Waals surface area contributed by atoms with Crippen molar-refractivity contribution in [2.75, 3.05) is 18.0 Å². The van der Waals surface area contributed by atoms with Gasteiger partial charge in [-0.15, -0.1) is 0 Å². The summed E-state index contributed by atoms with van der Waals surface area (Å²) in [5, 5.41) is 4.81. The molecule has 1 heterocycles. The van der Waals surface area contributed by atoms with Crippen LogP contribution in [0, 0.1) is 0 Å². The van der Waals surface area contributed by atoms with Crippen LogP contribution in [0.3, 0.4) is 0 Å². The third-order valence-electron chi connectivity index (χ3n) is 4.52. The average molecular weight is 413 g/mol. The second-order valence-corrected chi connectivity index (χ2v) is 6.67. The fourth-order valence-electron chi connectivity index (χ4n) is 2.94. The summed E-state index contributed by atoms with van der Waals surface area (Å²) in [6.07, 6.45) is 0. The molecule has 0 saturated heterocycles. The highest BCUT2D eigenvalue weighted by atomic mass is 35.5. The number of halogens is 1. The lowest BCUT2D eigenvalue weighted by Gasteiger charge is -2.21. The van der Waals surface area contributed by atoms with Gasteiger partial charge < -0.3 is 15.1 Å². The maximum atomic E-state index is 12.4. The number of rotatable bonds is 6. The molecule has 3 aromatic rings.